The van der Waals surface area contributed by atoms with Crippen LogP contribution in [0.4, 0.5) is 0 Å². The maximum absolute atomic E-state index is 4.71. The van der Waals surface area contributed by atoms with Crippen LogP contribution in [0.15, 0.2) is 64.0 Å². The van der Waals surface area contributed by atoms with Gasteiger partial charge in [-0.1, -0.05) is 47.7 Å². The van der Waals surface area contributed by atoms with Crippen molar-refractivity contribution < 1.29 is 0 Å². The van der Waals surface area contributed by atoms with Crippen molar-refractivity contribution in [2.45, 2.75) is 16.2 Å². The minimum absolute atomic E-state index is 0.980. The highest BCUT2D eigenvalue weighted by molar-refractivity contribution is 8.01. The minimum Gasteiger partial charge on any atom is -0.254 e. The standard InChI is InChI=1S/C17H12N2S2/c1-11-5-4-6-12(9-11)20-17-19-15-10-18-14-8-3-2-7-13(14)16(15)21-17/h2-10H,1H3. The first-order chi connectivity index (χ1) is 10.3. The lowest BCUT2D eigenvalue weighted by Gasteiger charge is -1.98. The van der Waals surface area contributed by atoms with E-state index < -0.39 is 0 Å². The Bertz CT molecular complexity index is 944. The van der Waals surface area contributed by atoms with Crippen LogP contribution >= 0.6 is 23.1 Å². The molecular weight excluding hydrogens is 296 g/mol. The number of thiazole rings is 1. The van der Waals surface area contributed by atoms with E-state index in [1.807, 2.05) is 18.3 Å². The van der Waals surface area contributed by atoms with E-state index in [0.29, 0.717) is 0 Å². The molecule has 0 atom stereocenters. The second kappa shape index (κ2) is 5.13. The summed E-state index contributed by atoms with van der Waals surface area (Å²) in [6.45, 7) is 2.11. The third-order valence-electron chi connectivity index (χ3n) is 3.30. The molecule has 0 aliphatic carbocycles. The molecule has 2 aromatic heterocycles. The molecule has 0 N–H and O–H groups in total. The van der Waals surface area contributed by atoms with Crippen LogP contribution < -0.4 is 0 Å². The molecule has 0 unspecified atom stereocenters. The van der Waals surface area contributed by atoms with Crippen molar-refractivity contribution in [3.8, 4) is 0 Å². The van der Waals surface area contributed by atoms with Gasteiger partial charge in [-0.15, -0.1) is 11.3 Å². The van der Waals surface area contributed by atoms with Gasteiger partial charge in [0, 0.05) is 10.3 Å². The third kappa shape index (κ3) is 2.41. The third-order valence-corrected chi connectivity index (χ3v) is 5.46. The molecule has 21 heavy (non-hydrogen) atoms. The number of para-hydroxylation sites is 1. The van der Waals surface area contributed by atoms with Gasteiger partial charge in [-0.3, -0.25) is 4.98 Å². The summed E-state index contributed by atoms with van der Waals surface area (Å²) in [5.41, 5.74) is 3.28. The number of hydrogen-bond acceptors (Lipinski definition) is 4. The van der Waals surface area contributed by atoms with Crippen molar-refractivity contribution in [3.05, 3.63) is 60.3 Å². The molecule has 0 radical (unpaired) electrons. The maximum atomic E-state index is 4.71. The van der Waals surface area contributed by atoms with E-state index in [-0.39, 0.29) is 0 Å². The van der Waals surface area contributed by atoms with Gasteiger partial charge in [0.15, 0.2) is 4.34 Å². The zero-order valence-electron chi connectivity index (χ0n) is 11.4. The van der Waals surface area contributed by atoms with Crippen LogP contribution in [0.2, 0.25) is 0 Å². The van der Waals surface area contributed by atoms with Gasteiger partial charge in [0.05, 0.1) is 16.4 Å². The zero-order valence-corrected chi connectivity index (χ0v) is 13.0. The summed E-state index contributed by atoms with van der Waals surface area (Å²) in [6.07, 6.45) is 1.87. The van der Waals surface area contributed by atoms with Gasteiger partial charge in [-0.05, 0) is 25.1 Å². The summed E-state index contributed by atoms with van der Waals surface area (Å²) in [6, 6.07) is 16.7. The van der Waals surface area contributed by atoms with Crippen LogP contribution in [0.3, 0.4) is 0 Å². The molecule has 0 fully saturated rings. The van der Waals surface area contributed by atoms with Crippen LogP contribution in [0.1, 0.15) is 5.56 Å². The van der Waals surface area contributed by atoms with Gasteiger partial charge in [0.25, 0.3) is 0 Å². The normalized spacial score (nSPS) is 11.3. The number of fused-ring (bicyclic) bond motifs is 3. The van der Waals surface area contributed by atoms with Crippen molar-refractivity contribution in [2.75, 3.05) is 0 Å². The number of rotatable bonds is 2. The molecule has 0 saturated heterocycles. The molecule has 0 amide bonds. The SMILES string of the molecule is Cc1cccc(Sc2nc3cnc4ccccc4c3s2)c1. The van der Waals surface area contributed by atoms with Crippen molar-refractivity contribution >= 4 is 44.2 Å². The van der Waals surface area contributed by atoms with E-state index in [2.05, 4.69) is 48.3 Å². The fourth-order valence-corrected chi connectivity index (χ4v) is 4.57. The largest absolute Gasteiger partial charge is 0.254 e. The number of aromatic nitrogens is 2. The Labute approximate surface area is 130 Å². The Balaban J connectivity index is 1.82. The Morgan fingerprint density at radius 3 is 2.81 bits per heavy atom. The van der Waals surface area contributed by atoms with E-state index in [0.717, 1.165) is 15.4 Å². The summed E-state index contributed by atoms with van der Waals surface area (Å²) in [5.74, 6) is 0. The lowest BCUT2D eigenvalue weighted by atomic mass is 10.2. The average Bonchev–Trinajstić information content (AvgIpc) is 2.90. The molecule has 4 aromatic rings. The van der Waals surface area contributed by atoms with E-state index in [9.17, 15) is 0 Å². The molecule has 2 nitrogen and oxygen atoms in total. The highest BCUT2D eigenvalue weighted by atomic mass is 32.2. The minimum atomic E-state index is 0.980. The summed E-state index contributed by atoms with van der Waals surface area (Å²) >= 11 is 3.45. The predicted molar refractivity (Wildman–Crippen MR) is 90.2 cm³/mol. The van der Waals surface area contributed by atoms with Crippen LogP contribution in [-0.4, -0.2) is 9.97 Å². The van der Waals surface area contributed by atoms with Gasteiger partial charge < -0.3 is 0 Å². The van der Waals surface area contributed by atoms with Gasteiger partial charge in [-0.2, -0.15) is 0 Å². The Morgan fingerprint density at radius 2 is 1.90 bits per heavy atom. The lowest BCUT2D eigenvalue weighted by molar-refractivity contribution is 1.27. The van der Waals surface area contributed by atoms with Crippen LogP contribution in [0, 0.1) is 6.92 Å². The topological polar surface area (TPSA) is 25.8 Å². The quantitative estimate of drug-likeness (QED) is 0.502. The molecular formula is C17H12N2S2. The summed E-state index contributed by atoms with van der Waals surface area (Å²) in [5, 5.41) is 1.18. The van der Waals surface area contributed by atoms with Gasteiger partial charge in [0.2, 0.25) is 0 Å². The van der Waals surface area contributed by atoms with E-state index in [1.54, 1.807) is 23.1 Å². The van der Waals surface area contributed by atoms with Gasteiger partial charge in [0.1, 0.15) is 5.52 Å². The smallest absolute Gasteiger partial charge is 0.156 e. The van der Waals surface area contributed by atoms with Crippen molar-refractivity contribution in [2.24, 2.45) is 0 Å². The van der Waals surface area contributed by atoms with Crippen molar-refractivity contribution in [1.29, 1.82) is 0 Å². The maximum Gasteiger partial charge on any atom is 0.156 e. The van der Waals surface area contributed by atoms with Crippen LogP contribution in [0.5, 0.6) is 0 Å². The number of benzene rings is 2. The molecule has 0 spiro atoms. The van der Waals surface area contributed by atoms with Gasteiger partial charge in [-0.25, -0.2) is 4.98 Å². The van der Waals surface area contributed by atoms with Crippen LogP contribution in [0.25, 0.3) is 21.1 Å². The lowest BCUT2D eigenvalue weighted by Crippen LogP contribution is -1.78. The first-order valence-electron chi connectivity index (χ1n) is 6.68. The predicted octanol–water partition coefficient (Wildman–Crippen LogP) is 5.30. The van der Waals surface area contributed by atoms with Crippen LogP contribution in [-0.2, 0) is 0 Å². The molecule has 4 heteroatoms. The summed E-state index contributed by atoms with van der Waals surface area (Å²) in [4.78, 5) is 10.4. The molecule has 0 saturated carbocycles. The molecule has 4 rings (SSSR count). The van der Waals surface area contributed by atoms with Gasteiger partial charge >= 0.3 is 0 Å². The number of aryl methyl sites for hydroxylation is 1. The summed E-state index contributed by atoms with van der Waals surface area (Å²) < 4.78 is 2.28. The molecule has 0 bridgehead atoms. The molecule has 2 aromatic carbocycles. The second-order valence-electron chi connectivity index (χ2n) is 4.89. The van der Waals surface area contributed by atoms with E-state index in [4.69, 9.17) is 4.98 Å². The number of hydrogen-bond donors (Lipinski definition) is 0. The van der Waals surface area contributed by atoms with E-state index >= 15 is 0 Å². The Morgan fingerprint density at radius 1 is 1.00 bits per heavy atom. The highest BCUT2D eigenvalue weighted by Gasteiger charge is 2.09. The average molecular weight is 308 g/mol. The Kier molecular flexibility index (Phi) is 3.13. The highest BCUT2D eigenvalue weighted by Crippen LogP contribution is 2.36. The molecule has 0 aliphatic rings. The molecule has 102 valence electrons. The number of nitrogens with zero attached hydrogens (tertiary/aromatic N) is 2. The first kappa shape index (κ1) is 12.8. The monoisotopic (exact) mass is 308 g/mol. The van der Waals surface area contributed by atoms with Crippen molar-refractivity contribution in [3.63, 3.8) is 0 Å². The number of pyridine rings is 1. The van der Waals surface area contributed by atoms with Crippen molar-refractivity contribution in [1.82, 2.24) is 9.97 Å². The molecule has 2 heterocycles. The first-order valence-corrected chi connectivity index (χ1v) is 8.32. The fourth-order valence-electron chi connectivity index (χ4n) is 2.32. The zero-order chi connectivity index (χ0) is 14.2. The Hall–Kier alpha value is -1.91. The molecule has 0 aliphatic heterocycles. The van der Waals surface area contributed by atoms with E-state index in [1.165, 1.54) is 20.5 Å². The summed E-state index contributed by atoms with van der Waals surface area (Å²) in [7, 11) is 0. The fraction of sp³-hybridized carbons (Fsp3) is 0.0588. The second-order valence-corrected chi connectivity index (χ2v) is 7.21.